The zero-order chi connectivity index (χ0) is 15.4. The van der Waals surface area contributed by atoms with Gasteiger partial charge in [-0.2, -0.15) is 0 Å². The number of nitrogens with zero attached hydrogens (tertiary/aromatic N) is 1. The van der Waals surface area contributed by atoms with Crippen LogP contribution < -0.4 is 10.6 Å². The number of hydrogen-bond donors (Lipinski definition) is 2. The van der Waals surface area contributed by atoms with Gasteiger partial charge in [0.1, 0.15) is 5.60 Å². The van der Waals surface area contributed by atoms with Gasteiger partial charge >= 0.3 is 6.09 Å². The number of alkyl carbamates (subject to hydrolysis) is 1. The van der Waals surface area contributed by atoms with Crippen LogP contribution in [0, 0.1) is 0 Å². The normalized spacial score (nSPS) is 11.7. The lowest BCUT2D eigenvalue weighted by Gasteiger charge is -2.19. The van der Waals surface area contributed by atoms with Crippen LogP contribution in [0.5, 0.6) is 0 Å². The molecule has 0 spiro atoms. The standard InChI is InChI=1S/C15H33N3O2/c1-6-18(7-2)13-9-11-16-10-8-12-17-14(19)20-15(3,4)5/h16H,6-13H2,1-5H3,(H,17,19). The highest BCUT2D eigenvalue weighted by Gasteiger charge is 2.15. The van der Waals surface area contributed by atoms with E-state index in [2.05, 4.69) is 29.4 Å². The summed E-state index contributed by atoms with van der Waals surface area (Å²) in [6, 6.07) is 0. The first-order chi connectivity index (χ1) is 9.39. The van der Waals surface area contributed by atoms with Crippen LogP contribution in [-0.2, 0) is 4.74 Å². The van der Waals surface area contributed by atoms with Crippen molar-refractivity contribution < 1.29 is 9.53 Å². The number of nitrogens with one attached hydrogen (secondary N) is 2. The Morgan fingerprint density at radius 3 is 2.20 bits per heavy atom. The van der Waals surface area contributed by atoms with Gasteiger partial charge in [-0.1, -0.05) is 13.8 Å². The smallest absolute Gasteiger partial charge is 0.407 e. The maximum atomic E-state index is 11.4. The molecule has 1 amide bonds. The molecular weight excluding hydrogens is 254 g/mol. The van der Waals surface area contributed by atoms with Gasteiger partial charge in [-0.3, -0.25) is 0 Å². The van der Waals surface area contributed by atoms with Crippen LogP contribution in [0.15, 0.2) is 0 Å². The molecular formula is C15H33N3O2. The van der Waals surface area contributed by atoms with E-state index in [0.717, 1.165) is 39.1 Å². The summed E-state index contributed by atoms with van der Waals surface area (Å²) in [5, 5.41) is 6.15. The average Bonchev–Trinajstić information content (AvgIpc) is 2.35. The summed E-state index contributed by atoms with van der Waals surface area (Å²) in [6.07, 6.45) is 1.75. The maximum absolute atomic E-state index is 11.4. The quantitative estimate of drug-likeness (QED) is 0.605. The first kappa shape index (κ1) is 19.2. The number of ether oxygens (including phenoxy) is 1. The molecule has 5 heteroatoms. The highest BCUT2D eigenvalue weighted by atomic mass is 16.6. The summed E-state index contributed by atoms with van der Waals surface area (Å²) in [5.74, 6) is 0. The molecule has 5 nitrogen and oxygen atoms in total. The lowest BCUT2D eigenvalue weighted by atomic mass is 10.2. The van der Waals surface area contributed by atoms with Crippen LogP contribution in [0.1, 0.15) is 47.5 Å². The molecule has 0 fully saturated rings. The molecule has 0 rings (SSSR count). The fourth-order valence-corrected chi connectivity index (χ4v) is 1.81. The molecule has 0 saturated heterocycles. The minimum Gasteiger partial charge on any atom is -0.444 e. The lowest BCUT2D eigenvalue weighted by Crippen LogP contribution is -2.34. The number of amides is 1. The SMILES string of the molecule is CCN(CC)CCCNCCCNC(=O)OC(C)(C)C. The Morgan fingerprint density at radius 1 is 1.05 bits per heavy atom. The van der Waals surface area contributed by atoms with Crippen LogP contribution in [0.25, 0.3) is 0 Å². The van der Waals surface area contributed by atoms with Crippen LogP contribution in [0.3, 0.4) is 0 Å². The molecule has 0 aromatic carbocycles. The van der Waals surface area contributed by atoms with E-state index in [4.69, 9.17) is 4.74 Å². The third kappa shape index (κ3) is 12.2. The first-order valence-corrected chi connectivity index (χ1v) is 7.79. The monoisotopic (exact) mass is 287 g/mol. The number of hydrogen-bond acceptors (Lipinski definition) is 4. The van der Waals surface area contributed by atoms with Crippen molar-refractivity contribution in [2.75, 3.05) is 39.3 Å². The summed E-state index contributed by atoms with van der Waals surface area (Å²) in [5.41, 5.74) is -0.424. The molecule has 0 radical (unpaired) electrons. The van der Waals surface area contributed by atoms with Crippen molar-refractivity contribution in [1.82, 2.24) is 15.5 Å². The summed E-state index contributed by atoms with van der Waals surface area (Å²) < 4.78 is 5.16. The summed E-state index contributed by atoms with van der Waals surface area (Å²) >= 11 is 0. The second-order valence-electron chi connectivity index (χ2n) is 5.91. The molecule has 0 unspecified atom stereocenters. The van der Waals surface area contributed by atoms with Gasteiger partial charge in [0.05, 0.1) is 0 Å². The van der Waals surface area contributed by atoms with E-state index in [1.54, 1.807) is 0 Å². The van der Waals surface area contributed by atoms with Crippen molar-refractivity contribution in [1.29, 1.82) is 0 Å². The van der Waals surface area contributed by atoms with E-state index in [1.165, 1.54) is 6.42 Å². The molecule has 20 heavy (non-hydrogen) atoms. The highest BCUT2D eigenvalue weighted by Crippen LogP contribution is 2.06. The fourth-order valence-electron chi connectivity index (χ4n) is 1.81. The molecule has 0 bridgehead atoms. The minimum absolute atomic E-state index is 0.334. The topological polar surface area (TPSA) is 53.6 Å². The summed E-state index contributed by atoms with van der Waals surface area (Å²) in [7, 11) is 0. The predicted molar refractivity (Wildman–Crippen MR) is 84.1 cm³/mol. The largest absolute Gasteiger partial charge is 0.444 e. The van der Waals surface area contributed by atoms with E-state index in [-0.39, 0.29) is 6.09 Å². The lowest BCUT2D eigenvalue weighted by molar-refractivity contribution is 0.0527. The average molecular weight is 287 g/mol. The number of carbonyl (C=O) groups is 1. The van der Waals surface area contributed by atoms with Gasteiger partial charge in [0.25, 0.3) is 0 Å². The molecule has 0 aliphatic carbocycles. The van der Waals surface area contributed by atoms with Gasteiger partial charge in [-0.15, -0.1) is 0 Å². The molecule has 0 aliphatic heterocycles. The minimum atomic E-state index is -0.424. The Kier molecular flexibility index (Phi) is 10.5. The van der Waals surface area contributed by atoms with E-state index in [9.17, 15) is 4.79 Å². The van der Waals surface area contributed by atoms with Crippen LogP contribution in [0.2, 0.25) is 0 Å². The fraction of sp³-hybridized carbons (Fsp3) is 0.933. The Labute approximate surface area is 124 Å². The van der Waals surface area contributed by atoms with Crippen molar-refractivity contribution in [3.05, 3.63) is 0 Å². The van der Waals surface area contributed by atoms with Crippen molar-refractivity contribution in [3.63, 3.8) is 0 Å². The third-order valence-corrected chi connectivity index (χ3v) is 2.92. The zero-order valence-corrected chi connectivity index (χ0v) is 13.9. The Morgan fingerprint density at radius 2 is 1.65 bits per heavy atom. The summed E-state index contributed by atoms with van der Waals surface area (Å²) in [4.78, 5) is 13.8. The molecule has 120 valence electrons. The van der Waals surface area contributed by atoms with Crippen molar-refractivity contribution in [2.45, 2.75) is 53.1 Å². The van der Waals surface area contributed by atoms with Gasteiger partial charge < -0.3 is 20.3 Å². The van der Waals surface area contributed by atoms with E-state index in [1.807, 2.05) is 20.8 Å². The molecule has 0 aromatic rings. The number of carbonyl (C=O) groups excluding carboxylic acids is 1. The highest BCUT2D eigenvalue weighted by molar-refractivity contribution is 5.67. The van der Waals surface area contributed by atoms with Gasteiger partial charge in [-0.25, -0.2) is 4.79 Å². The Balaban J connectivity index is 3.35. The zero-order valence-electron chi connectivity index (χ0n) is 13.9. The Bertz CT molecular complexity index is 248. The second-order valence-corrected chi connectivity index (χ2v) is 5.91. The predicted octanol–water partition coefficient (Wildman–Crippen LogP) is 2.22. The van der Waals surface area contributed by atoms with E-state index in [0.29, 0.717) is 6.54 Å². The molecule has 0 heterocycles. The van der Waals surface area contributed by atoms with E-state index < -0.39 is 5.60 Å². The van der Waals surface area contributed by atoms with Crippen molar-refractivity contribution in [2.24, 2.45) is 0 Å². The van der Waals surface area contributed by atoms with Crippen LogP contribution in [0.4, 0.5) is 4.79 Å². The summed E-state index contributed by atoms with van der Waals surface area (Å²) in [6.45, 7) is 16.0. The molecule has 2 N–H and O–H groups in total. The van der Waals surface area contributed by atoms with Gasteiger partial charge in [0.15, 0.2) is 0 Å². The first-order valence-electron chi connectivity index (χ1n) is 7.79. The molecule has 0 atom stereocenters. The molecule has 0 aromatic heterocycles. The molecule has 0 aliphatic rings. The third-order valence-electron chi connectivity index (χ3n) is 2.92. The van der Waals surface area contributed by atoms with Gasteiger partial charge in [0, 0.05) is 6.54 Å². The Hall–Kier alpha value is -0.810. The van der Waals surface area contributed by atoms with Crippen molar-refractivity contribution >= 4 is 6.09 Å². The van der Waals surface area contributed by atoms with Crippen molar-refractivity contribution in [3.8, 4) is 0 Å². The number of rotatable bonds is 10. The van der Waals surface area contributed by atoms with Gasteiger partial charge in [0.2, 0.25) is 0 Å². The van der Waals surface area contributed by atoms with Crippen LogP contribution in [-0.4, -0.2) is 55.9 Å². The van der Waals surface area contributed by atoms with Crippen LogP contribution >= 0.6 is 0 Å². The maximum Gasteiger partial charge on any atom is 0.407 e. The molecule has 0 saturated carbocycles. The van der Waals surface area contributed by atoms with Gasteiger partial charge in [-0.05, 0) is 66.3 Å². The second kappa shape index (κ2) is 10.9. The van der Waals surface area contributed by atoms with E-state index >= 15 is 0 Å².